The molecular weight excluding hydrogens is 360 g/mol. The quantitative estimate of drug-likeness (QED) is 0.390. The summed E-state index contributed by atoms with van der Waals surface area (Å²) in [6, 6.07) is 3.43. The molecule has 1 aromatic rings. The van der Waals surface area contributed by atoms with Crippen molar-refractivity contribution in [3.05, 3.63) is 52.8 Å². The second kappa shape index (κ2) is 9.07. The van der Waals surface area contributed by atoms with Gasteiger partial charge < -0.3 is 9.84 Å². The van der Waals surface area contributed by atoms with Gasteiger partial charge in [0, 0.05) is 12.1 Å². The van der Waals surface area contributed by atoms with Crippen molar-refractivity contribution in [2.24, 2.45) is 0 Å². The Balaban J connectivity index is 2.50. The molecule has 0 heterocycles. The normalized spacial score (nSPS) is 12.7. The Morgan fingerprint density at radius 1 is 0.929 bits per heavy atom. The van der Waals surface area contributed by atoms with E-state index < -0.39 is 8.07 Å². The maximum Gasteiger partial charge on any atom is 0.146 e. The van der Waals surface area contributed by atoms with Crippen molar-refractivity contribution in [1.82, 2.24) is 0 Å². The van der Waals surface area contributed by atoms with E-state index in [9.17, 15) is 5.11 Å². The second-order valence-corrected chi connectivity index (χ2v) is 13.6. The Hall–Kier alpha value is -2.58. The van der Waals surface area contributed by atoms with Crippen LogP contribution in [0.5, 0.6) is 11.5 Å². The fourth-order valence-corrected chi connectivity index (χ4v) is 9.30. The largest absolute Gasteiger partial charge is 0.507 e. The Morgan fingerprint density at radius 3 is 2.07 bits per heavy atom. The summed E-state index contributed by atoms with van der Waals surface area (Å²) in [6.07, 6.45) is 5.59. The number of benzene rings is 1. The molecule has 2 nitrogen and oxygen atoms in total. The molecule has 0 fully saturated rings. The molecule has 0 unspecified atom stereocenters. The van der Waals surface area contributed by atoms with Crippen LogP contribution in [0.4, 0.5) is 0 Å². The van der Waals surface area contributed by atoms with Crippen molar-refractivity contribution >= 4 is 8.07 Å². The van der Waals surface area contributed by atoms with Gasteiger partial charge in [0.05, 0.1) is 23.8 Å². The van der Waals surface area contributed by atoms with Crippen LogP contribution >= 0.6 is 0 Å². The molecule has 1 aromatic carbocycles. The molecule has 0 radical (unpaired) electrons. The van der Waals surface area contributed by atoms with Crippen LogP contribution in [0.3, 0.4) is 0 Å². The number of aromatic hydroxyl groups is 1. The number of hydrogen-bond donors (Lipinski definition) is 1. The van der Waals surface area contributed by atoms with Gasteiger partial charge in [0.2, 0.25) is 0 Å². The van der Waals surface area contributed by atoms with Crippen LogP contribution in [0, 0.1) is 23.3 Å². The molecule has 1 aliphatic carbocycles. The molecule has 0 bridgehead atoms. The minimum absolute atomic E-state index is 0.120. The molecule has 0 saturated heterocycles. The van der Waals surface area contributed by atoms with E-state index in [1.165, 1.54) is 0 Å². The molecule has 0 atom stereocenters. The van der Waals surface area contributed by atoms with E-state index >= 15 is 0 Å². The molecule has 0 aliphatic heterocycles. The van der Waals surface area contributed by atoms with Crippen LogP contribution in [0.2, 0.25) is 16.6 Å². The summed E-state index contributed by atoms with van der Waals surface area (Å²) >= 11 is 0. The highest BCUT2D eigenvalue weighted by molar-refractivity contribution is 6.90. The standard InChI is InChI=1S/C25H30O2Si/c1-18(2)28(19(3)4,20(5)6)15-14-23-16-24(26)22(17-25(23)27-7)13-12-21-10-8-9-11-21/h8-10,16-20,26H,1-7H3. The first-order chi connectivity index (χ1) is 13.2. The predicted molar refractivity (Wildman–Crippen MR) is 120 cm³/mol. The lowest BCUT2D eigenvalue weighted by Gasteiger charge is -2.38. The zero-order chi connectivity index (χ0) is 20.9. The van der Waals surface area contributed by atoms with Gasteiger partial charge in [-0.1, -0.05) is 65.4 Å². The third kappa shape index (κ3) is 4.45. The zero-order valence-corrected chi connectivity index (χ0v) is 19.0. The van der Waals surface area contributed by atoms with E-state index in [1.807, 2.05) is 18.2 Å². The van der Waals surface area contributed by atoms with E-state index in [0.29, 0.717) is 33.5 Å². The number of phenolic OH excluding ortho intramolecular Hbond substituents is 1. The van der Waals surface area contributed by atoms with Crippen molar-refractivity contribution in [3.63, 3.8) is 0 Å². The second-order valence-electron chi connectivity index (χ2n) is 8.05. The number of phenols is 1. The number of methoxy groups -OCH3 is 1. The van der Waals surface area contributed by atoms with Gasteiger partial charge in [-0.15, -0.1) is 11.3 Å². The maximum atomic E-state index is 10.5. The molecule has 0 aromatic heterocycles. The Kier molecular flexibility index (Phi) is 7.04. The van der Waals surface area contributed by atoms with Crippen molar-refractivity contribution in [2.45, 2.75) is 58.2 Å². The van der Waals surface area contributed by atoms with Gasteiger partial charge in [-0.05, 0) is 28.8 Å². The molecule has 1 aliphatic rings. The maximum absolute atomic E-state index is 10.5. The van der Waals surface area contributed by atoms with Crippen molar-refractivity contribution in [2.75, 3.05) is 7.11 Å². The van der Waals surface area contributed by atoms with Crippen molar-refractivity contribution in [3.8, 4) is 34.8 Å². The minimum Gasteiger partial charge on any atom is -0.507 e. The van der Waals surface area contributed by atoms with Gasteiger partial charge in [-0.25, -0.2) is 0 Å². The molecule has 0 saturated carbocycles. The van der Waals surface area contributed by atoms with Crippen LogP contribution in [-0.2, 0) is 0 Å². The summed E-state index contributed by atoms with van der Waals surface area (Å²) in [5.41, 5.74) is 10.4. The number of hydrogen-bond acceptors (Lipinski definition) is 2. The predicted octanol–water partition coefficient (Wildman–Crippen LogP) is 5.97. The Morgan fingerprint density at radius 2 is 1.57 bits per heavy atom. The molecule has 146 valence electrons. The summed E-state index contributed by atoms with van der Waals surface area (Å²) in [7, 11) is -0.236. The van der Waals surface area contributed by atoms with Crippen LogP contribution in [-0.4, -0.2) is 20.3 Å². The molecule has 0 amide bonds. The van der Waals surface area contributed by atoms with Gasteiger partial charge in [0.25, 0.3) is 0 Å². The highest BCUT2D eigenvalue weighted by Gasteiger charge is 2.41. The fraction of sp³-hybridized carbons (Fsp3) is 0.400. The molecule has 3 heteroatoms. The summed E-state index contributed by atoms with van der Waals surface area (Å²) in [5, 5.41) is 10.5. The lowest BCUT2D eigenvalue weighted by atomic mass is 10.1. The summed E-state index contributed by atoms with van der Waals surface area (Å²) in [6.45, 7) is 13.7. The monoisotopic (exact) mass is 390 g/mol. The average Bonchev–Trinajstić information content (AvgIpc) is 3.14. The Labute approximate surface area is 171 Å². The van der Waals surface area contributed by atoms with Crippen LogP contribution in [0.15, 0.2) is 41.7 Å². The Bertz CT molecular complexity index is 928. The van der Waals surface area contributed by atoms with Crippen LogP contribution in [0.1, 0.15) is 52.7 Å². The van der Waals surface area contributed by atoms with Gasteiger partial charge in [0.1, 0.15) is 19.6 Å². The molecule has 28 heavy (non-hydrogen) atoms. The number of rotatable bonds is 4. The van der Waals surface area contributed by atoms with Crippen molar-refractivity contribution in [1.29, 1.82) is 0 Å². The topological polar surface area (TPSA) is 29.5 Å². The first-order valence-corrected chi connectivity index (χ1v) is 12.0. The van der Waals surface area contributed by atoms with E-state index in [0.717, 1.165) is 5.57 Å². The lowest BCUT2D eigenvalue weighted by molar-refractivity contribution is 0.410. The lowest BCUT2D eigenvalue weighted by Crippen LogP contribution is -2.43. The third-order valence-electron chi connectivity index (χ3n) is 5.53. The van der Waals surface area contributed by atoms with E-state index in [2.05, 4.69) is 70.6 Å². The molecule has 0 spiro atoms. The summed E-state index contributed by atoms with van der Waals surface area (Å²) < 4.78 is 5.55. The van der Waals surface area contributed by atoms with Gasteiger partial charge >= 0.3 is 0 Å². The third-order valence-corrected chi connectivity index (χ3v) is 11.8. The molecule has 2 rings (SSSR count). The highest BCUT2D eigenvalue weighted by atomic mass is 28.3. The van der Waals surface area contributed by atoms with E-state index in [-0.39, 0.29) is 5.75 Å². The van der Waals surface area contributed by atoms with Crippen LogP contribution in [0.25, 0.3) is 0 Å². The molecular formula is C25H30O2Si. The first-order valence-electron chi connectivity index (χ1n) is 9.81. The SMILES string of the molecule is COc1cc(C#CC2=C=CC=C2)c(O)cc1C#C[Si](C(C)C)(C(C)C)C(C)C. The van der Waals surface area contributed by atoms with Crippen molar-refractivity contribution < 1.29 is 9.84 Å². The minimum atomic E-state index is -1.86. The summed E-state index contributed by atoms with van der Waals surface area (Å²) in [4.78, 5) is 0. The van der Waals surface area contributed by atoms with E-state index in [1.54, 1.807) is 19.2 Å². The van der Waals surface area contributed by atoms with Gasteiger partial charge in [-0.2, -0.15) is 0 Å². The molecule has 1 N–H and O–H groups in total. The number of allylic oxidation sites excluding steroid dienone is 3. The number of ether oxygens (including phenoxy) is 1. The highest BCUT2D eigenvalue weighted by Crippen LogP contribution is 2.41. The summed E-state index contributed by atoms with van der Waals surface area (Å²) in [5.74, 6) is 10.1. The fourth-order valence-electron chi connectivity index (χ4n) is 4.09. The average molecular weight is 391 g/mol. The van der Waals surface area contributed by atoms with E-state index in [4.69, 9.17) is 4.74 Å². The first kappa shape index (κ1) is 21.7. The van der Waals surface area contributed by atoms with Crippen LogP contribution < -0.4 is 4.74 Å². The van der Waals surface area contributed by atoms with Gasteiger partial charge in [0.15, 0.2) is 0 Å². The van der Waals surface area contributed by atoms with Gasteiger partial charge in [-0.3, -0.25) is 0 Å². The zero-order valence-electron chi connectivity index (χ0n) is 18.0. The smallest absolute Gasteiger partial charge is 0.146 e.